The van der Waals surface area contributed by atoms with Crippen LogP contribution in [0.5, 0.6) is 0 Å². The number of ketones is 1. The molecule has 7 nitrogen and oxygen atoms in total. The SMILES string of the molecule is CC(=O)OC1[C@H](O)[C@@H](N(C)C)C=C2CC[C@H]3[C@@H]4CCC5(OCCO5)[C@@]4(C)CC(=O)[C@@H]3[C@]21C. The summed E-state index contributed by atoms with van der Waals surface area (Å²) in [5.41, 5.74) is 0.105. The number of Topliss-reactive ketones (excluding diaryl/α,β-unsaturated/α-hetero) is 1. The van der Waals surface area contributed by atoms with Crippen LogP contribution in [0.15, 0.2) is 11.6 Å². The highest BCUT2D eigenvalue weighted by Gasteiger charge is 2.70. The fraction of sp³-hybridized carbons (Fsp3) is 0.840. The molecule has 0 aromatic rings. The van der Waals surface area contributed by atoms with Crippen LogP contribution in [-0.2, 0) is 23.8 Å². The second kappa shape index (κ2) is 7.36. The molecule has 1 unspecified atom stereocenters. The van der Waals surface area contributed by atoms with Crippen molar-refractivity contribution < 1.29 is 28.9 Å². The summed E-state index contributed by atoms with van der Waals surface area (Å²) in [7, 11) is 3.83. The van der Waals surface area contributed by atoms with Crippen molar-refractivity contribution in [2.75, 3.05) is 27.3 Å². The van der Waals surface area contributed by atoms with Crippen molar-refractivity contribution in [3.8, 4) is 0 Å². The number of nitrogens with zero attached hydrogens (tertiary/aromatic N) is 1. The van der Waals surface area contributed by atoms with Gasteiger partial charge in [0.25, 0.3) is 0 Å². The second-order valence-corrected chi connectivity index (χ2v) is 11.3. The van der Waals surface area contributed by atoms with Crippen molar-refractivity contribution in [1.82, 2.24) is 4.90 Å². The summed E-state index contributed by atoms with van der Waals surface area (Å²) in [6, 6.07) is -0.252. The molecule has 8 atom stereocenters. The van der Waals surface area contributed by atoms with E-state index in [4.69, 9.17) is 14.2 Å². The largest absolute Gasteiger partial charge is 0.459 e. The van der Waals surface area contributed by atoms with Gasteiger partial charge in [0.2, 0.25) is 0 Å². The summed E-state index contributed by atoms with van der Waals surface area (Å²) in [6.07, 6.45) is 4.47. The molecule has 7 heteroatoms. The molecule has 3 saturated carbocycles. The summed E-state index contributed by atoms with van der Waals surface area (Å²) in [5, 5.41) is 11.3. The zero-order valence-corrected chi connectivity index (χ0v) is 19.9. The maximum absolute atomic E-state index is 14.0. The average Bonchev–Trinajstić information content (AvgIpc) is 3.30. The van der Waals surface area contributed by atoms with Gasteiger partial charge in [0, 0.05) is 36.5 Å². The van der Waals surface area contributed by atoms with Gasteiger partial charge in [-0.25, -0.2) is 0 Å². The Morgan fingerprint density at radius 3 is 2.53 bits per heavy atom. The summed E-state index contributed by atoms with van der Waals surface area (Å²) >= 11 is 0. The summed E-state index contributed by atoms with van der Waals surface area (Å²) in [6.45, 7) is 6.78. The summed E-state index contributed by atoms with van der Waals surface area (Å²) in [5.74, 6) is -0.682. The fourth-order valence-corrected chi connectivity index (χ4v) is 8.28. The van der Waals surface area contributed by atoms with E-state index in [-0.39, 0.29) is 29.1 Å². The maximum atomic E-state index is 14.0. The molecular weight excluding hydrogens is 410 g/mol. The van der Waals surface area contributed by atoms with E-state index in [1.165, 1.54) is 6.92 Å². The Balaban J connectivity index is 1.58. The highest BCUT2D eigenvalue weighted by molar-refractivity contribution is 5.85. The third-order valence-electron chi connectivity index (χ3n) is 9.66. The maximum Gasteiger partial charge on any atom is 0.303 e. The predicted molar refractivity (Wildman–Crippen MR) is 117 cm³/mol. The standard InChI is InChI=1S/C25H37NO6/c1-14(27)32-22-21(29)18(26(4)5)12-15-6-7-16-17-8-9-25(30-10-11-31-25)23(17,2)13-19(28)20(16)24(15,22)3/h12,16-18,20-22,29H,6-11,13H2,1-5H3/t16-,17-,18-,20+,21+,22?,23-,24-/m0/s1. The van der Waals surface area contributed by atoms with E-state index >= 15 is 0 Å². The minimum Gasteiger partial charge on any atom is -0.459 e. The highest BCUT2D eigenvalue weighted by Crippen LogP contribution is 2.68. The lowest BCUT2D eigenvalue weighted by Gasteiger charge is -2.60. The van der Waals surface area contributed by atoms with Crippen LogP contribution in [0.4, 0.5) is 0 Å². The number of esters is 1. The Morgan fingerprint density at radius 1 is 1.22 bits per heavy atom. The molecule has 0 aromatic heterocycles. The molecule has 4 aliphatic carbocycles. The highest BCUT2D eigenvalue weighted by atomic mass is 16.7. The average molecular weight is 448 g/mol. The van der Waals surface area contributed by atoms with Gasteiger partial charge in [0.05, 0.1) is 19.3 Å². The van der Waals surface area contributed by atoms with Gasteiger partial charge < -0.3 is 24.2 Å². The number of carbonyl (C=O) groups excluding carboxylic acids is 2. The molecular formula is C25H37NO6. The van der Waals surface area contributed by atoms with E-state index in [9.17, 15) is 14.7 Å². The molecule has 0 amide bonds. The minimum atomic E-state index is -0.890. The molecule has 0 radical (unpaired) electrons. The molecule has 178 valence electrons. The van der Waals surface area contributed by atoms with Crippen LogP contribution in [-0.4, -0.2) is 73.1 Å². The first kappa shape index (κ1) is 22.5. The van der Waals surface area contributed by atoms with Crippen LogP contribution in [0.25, 0.3) is 0 Å². The van der Waals surface area contributed by atoms with E-state index in [0.717, 1.165) is 31.3 Å². The van der Waals surface area contributed by atoms with Crippen LogP contribution in [0.3, 0.4) is 0 Å². The van der Waals surface area contributed by atoms with E-state index in [1.807, 2.05) is 25.9 Å². The van der Waals surface area contributed by atoms with Crippen LogP contribution >= 0.6 is 0 Å². The van der Waals surface area contributed by atoms with E-state index in [0.29, 0.717) is 25.6 Å². The van der Waals surface area contributed by atoms with Crippen LogP contribution < -0.4 is 0 Å². The van der Waals surface area contributed by atoms with Crippen LogP contribution in [0.2, 0.25) is 0 Å². The zero-order chi connectivity index (χ0) is 23.1. The molecule has 0 aromatic carbocycles. The number of aliphatic hydroxyl groups excluding tert-OH is 1. The van der Waals surface area contributed by atoms with E-state index in [2.05, 4.69) is 13.0 Å². The molecule has 32 heavy (non-hydrogen) atoms. The third-order valence-corrected chi connectivity index (χ3v) is 9.66. The summed E-state index contributed by atoms with van der Waals surface area (Å²) in [4.78, 5) is 28.0. The Kier molecular flexibility index (Phi) is 5.18. The number of aliphatic hydroxyl groups is 1. The first-order chi connectivity index (χ1) is 15.0. The van der Waals surface area contributed by atoms with E-state index < -0.39 is 29.4 Å². The van der Waals surface area contributed by atoms with Crippen molar-refractivity contribution in [2.45, 2.75) is 76.9 Å². The lowest BCUT2D eigenvalue weighted by molar-refractivity contribution is -0.242. The number of fused-ring (bicyclic) bond motifs is 6. The lowest BCUT2D eigenvalue weighted by atomic mass is 9.45. The minimum absolute atomic E-state index is 0.164. The van der Waals surface area contributed by atoms with Gasteiger partial charge in [-0.05, 0) is 45.2 Å². The van der Waals surface area contributed by atoms with Gasteiger partial charge in [-0.2, -0.15) is 0 Å². The molecule has 1 N–H and O–H groups in total. The number of rotatable bonds is 2. The zero-order valence-electron chi connectivity index (χ0n) is 19.9. The first-order valence-electron chi connectivity index (χ1n) is 12.1. The van der Waals surface area contributed by atoms with Crippen LogP contribution in [0, 0.1) is 28.6 Å². The molecule has 1 heterocycles. The Morgan fingerprint density at radius 2 is 1.91 bits per heavy atom. The summed E-state index contributed by atoms with van der Waals surface area (Å²) < 4.78 is 18.2. The molecule has 1 aliphatic heterocycles. The quantitative estimate of drug-likeness (QED) is 0.514. The van der Waals surface area contributed by atoms with Gasteiger partial charge in [-0.1, -0.05) is 25.5 Å². The van der Waals surface area contributed by atoms with Crippen molar-refractivity contribution in [3.63, 3.8) is 0 Å². The van der Waals surface area contributed by atoms with Gasteiger partial charge in [-0.3, -0.25) is 9.59 Å². The monoisotopic (exact) mass is 447 g/mol. The van der Waals surface area contributed by atoms with Crippen molar-refractivity contribution in [3.05, 3.63) is 11.6 Å². The van der Waals surface area contributed by atoms with Crippen molar-refractivity contribution in [2.24, 2.45) is 28.6 Å². The molecule has 4 fully saturated rings. The second-order valence-electron chi connectivity index (χ2n) is 11.3. The third kappa shape index (κ3) is 2.80. The Labute approximate surface area is 190 Å². The van der Waals surface area contributed by atoms with E-state index in [1.54, 1.807) is 0 Å². The normalized spacial score (nSPS) is 47.1. The number of ether oxygens (including phenoxy) is 3. The van der Waals surface area contributed by atoms with Gasteiger partial charge in [0.15, 0.2) is 5.79 Å². The Bertz CT molecular complexity index is 847. The van der Waals surface area contributed by atoms with Crippen molar-refractivity contribution >= 4 is 11.8 Å². The molecule has 5 rings (SSSR count). The fourth-order valence-electron chi connectivity index (χ4n) is 8.28. The first-order valence-corrected chi connectivity index (χ1v) is 12.1. The molecule has 1 spiro atoms. The number of likely N-dealkylation sites (N-methyl/N-ethyl adjacent to an activating group) is 1. The van der Waals surface area contributed by atoms with Gasteiger partial charge >= 0.3 is 5.97 Å². The Hall–Kier alpha value is -1.28. The van der Waals surface area contributed by atoms with Crippen molar-refractivity contribution in [1.29, 1.82) is 0 Å². The smallest absolute Gasteiger partial charge is 0.303 e. The molecule has 5 aliphatic rings. The number of hydrogen-bond donors (Lipinski definition) is 1. The van der Waals surface area contributed by atoms with Gasteiger partial charge in [-0.15, -0.1) is 0 Å². The van der Waals surface area contributed by atoms with Gasteiger partial charge in [0.1, 0.15) is 18.0 Å². The topological polar surface area (TPSA) is 85.3 Å². The number of hydrogen-bond acceptors (Lipinski definition) is 7. The number of carbonyl (C=O) groups is 2. The molecule has 1 saturated heterocycles. The lowest BCUT2D eigenvalue weighted by Crippen LogP contribution is -2.65. The molecule has 0 bridgehead atoms. The predicted octanol–water partition coefficient (Wildman–Crippen LogP) is 2.31. The van der Waals surface area contributed by atoms with Crippen LogP contribution in [0.1, 0.15) is 52.9 Å².